The number of nitrogens with zero attached hydrogens (tertiary/aromatic N) is 5. The topological polar surface area (TPSA) is 56.0 Å². The molecule has 0 aliphatic carbocycles. The molecule has 1 amide bonds. The predicted octanol–water partition coefficient (Wildman–Crippen LogP) is 3.77. The van der Waals surface area contributed by atoms with E-state index in [1.807, 2.05) is 16.5 Å². The van der Waals surface area contributed by atoms with Crippen molar-refractivity contribution >= 4 is 11.7 Å². The highest BCUT2D eigenvalue weighted by Gasteiger charge is 2.31. The van der Waals surface area contributed by atoms with Crippen molar-refractivity contribution in [3.63, 3.8) is 0 Å². The van der Waals surface area contributed by atoms with Crippen LogP contribution in [-0.2, 0) is 13.6 Å². The standard InChI is InChI=1S/C21H25N5O/c1-14(2)16-8-5-6-9-17(16)19-15(3)23-26-13-7-12-25(20(19)26)21(27)18-10-11-22-24(18)4/h5-6,8-11,14H,7,12-13H2,1-4H3. The van der Waals surface area contributed by atoms with Crippen LogP contribution >= 0.6 is 0 Å². The molecule has 6 heteroatoms. The molecule has 2 aromatic heterocycles. The highest BCUT2D eigenvalue weighted by molar-refractivity contribution is 6.07. The highest BCUT2D eigenvalue weighted by atomic mass is 16.2. The number of amides is 1. The van der Waals surface area contributed by atoms with Crippen LogP contribution in [0, 0.1) is 6.92 Å². The third-order valence-corrected chi connectivity index (χ3v) is 5.25. The molecule has 1 aromatic carbocycles. The molecule has 0 radical (unpaired) electrons. The Balaban J connectivity index is 1.89. The first-order valence-electron chi connectivity index (χ1n) is 9.45. The molecule has 0 saturated heterocycles. The van der Waals surface area contributed by atoms with Gasteiger partial charge in [0.15, 0.2) is 0 Å². The van der Waals surface area contributed by atoms with E-state index >= 15 is 0 Å². The molecule has 0 atom stereocenters. The molecular weight excluding hydrogens is 338 g/mol. The maximum Gasteiger partial charge on any atom is 0.277 e. The molecule has 0 saturated carbocycles. The van der Waals surface area contributed by atoms with Gasteiger partial charge in [-0.15, -0.1) is 0 Å². The molecule has 0 unspecified atom stereocenters. The van der Waals surface area contributed by atoms with Crippen molar-refractivity contribution in [2.45, 2.75) is 39.7 Å². The minimum atomic E-state index is -0.0286. The number of carbonyl (C=O) groups excluding carboxylic acids is 1. The summed E-state index contributed by atoms with van der Waals surface area (Å²) in [5.74, 6) is 1.26. The van der Waals surface area contributed by atoms with Crippen LogP contribution in [0.5, 0.6) is 0 Å². The minimum absolute atomic E-state index is 0.0286. The molecule has 1 aliphatic rings. The maximum atomic E-state index is 13.3. The minimum Gasteiger partial charge on any atom is -0.291 e. The Bertz CT molecular complexity index is 998. The van der Waals surface area contributed by atoms with Crippen LogP contribution in [0.2, 0.25) is 0 Å². The van der Waals surface area contributed by atoms with Gasteiger partial charge in [0.05, 0.1) is 5.69 Å². The summed E-state index contributed by atoms with van der Waals surface area (Å²) in [6, 6.07) is 10.2. The number of benzene rings is 1. The van der Waals surface area contributed by atoms with Crippen LogP contribution in [0.1, 0.15) is 47.9 Å². The van der Waals surface area contributed by atoms with Crippen molar-refractivity contribution in [3.8, 4) is 11.1 Å². The first-order chi connectivity index (χ1) is 13.0. The SMILES string of the molecule is Cc1nn2c(c1-c1ccccc1C(C)C)N(C(=O)c1ccnn1C)CCC2. The van der Waals surface area contributed by atoms with Crippen LogP contribution in [-0.4, -0.2) is 32.0 Å². The van der Waals surface area contributed by atoms with Gasteiger partial charge < -0.3 is 0 Å². The maximum absolute atomic E-state index is 13.3. The summed E-state index contributed by atoms with van der Waals surface area (Å²) < 4.78 is 3.62. The van der Waals surface area contributed by atoms with E-state index in [2.05, 4.69) is 43.2 Å². The first-order valence-corrected chi connectivity index (χ1v) is 9.45. The average molecular weight is 363 g/mol. The lowest BCUT2D eigenvalue weighted by atomic mass is 9.92. The van der Waals surface area contributed by atoms with Gasteiger partial charge in [0.25, 0.3) is 5.91 Å². The van der Waals surface area contributed by atoms with Gasteiger partial charge in [-0.1, -0.05) is 38.1 Å². The number of fused-ring (bicyclic) bond motifs is 1. The first kappa shape index (κ1) is 17.5. The van der Waals surface area contributed by atoms with E-state index in [9.17, 15) is 4.79 Å². The van der Waals surface area contributed by atoms with Crippen LogP contribution in [0.3, 0.4) is 0 Å². The van der Waals surface area contributed by atoms with Gasteiger partial charge in [0, 0.05) is 31.9 Å². The monoisotopic (exact) mass is 363 g/mol. The van der Waals surface area contributed by atoms with E-state index in [0.717, 1.165) is 35.6 Å². The summed E-state index contributed by atoms with van der Waals surface area (Å²) in [5, 5.41) is 8.92. The summed E-state index contributed by atoms with van der Waals surface area (Å²) >= 11 is 0. The molecule has 6 nitrogen and oxygen atoms in total. The summed E-state index contributed by atoms with van der Waals surface area (Å²) in [6.45, 7) is 7.94. The molecule has 4 rings (SSSR count). The zero-order chi connectivity index (χ0) is 19.1. The van der Waals surface area contributed by atoms with Crippen molar-refractivity contribution in [1.82, 2.24) is 19.6 Å². The van der Waals surface area contributed by atoms with E-state index in [4.69, 9.17) is 5.10 Å². The Kier molecular flexibility index (Phi) is 4.34. The van der Waals surface area contributed by atoms with Crippen LogP contribution in [0.25, 0.3) is 11.1 Å². The smallest absolute Gasteiger partial charge is 0.277 e. The molecule has 27 heavy (non-hydrogen) atoms. The molecule has 0 fully saturated rings. The molecule has 3 aromatic rings. The van der Waals surface area contributed by atoms with Gasteiger partial charge in [0.1, 0.15) is 11.5 Å². The lowest BCUT2D eigenvalue weighted by Crippen LogP contribution is -2.38. The summed E-state index contributed by atoms with van der Waals surface area (Å²) in [6.07, 6.45) is 2.55. The Morgan fingerprint density at radius 2 is 1.93 bits per heavy atom. The second-order valence-corrected chi connectivity index (χ2v) is 7.40. The van der Waals surface area contributed by atoms with Crippen molar-refractivity contribution in [2.75, 3.05) is 11.4 Å². The van der Waals surface area contributed by atoms with Crippen LogP contribution in [0.4, 0.5) is 5.82 Å². The fraction of sp³-hybridized carbons (Fsp3) is 0.381. The summed E-state index contributed by atoms with van der Waals surface area (Å²) in [4.78, 5) is 15.1. The number of rotatable bonds is 3. The zero-order valence-corrected chi connectivity index (χ0v) is 16.3. The van der Waals surface area contributed by atoms with Gasteiger partial charge in [-0.2, -0.15) is 10.2 Å². The Labute approximate surface area is 159 Å². The van der Waals surface area contributed by atoms with Crippen LogP contribution in [0.15, 0.2) is 36.5 Å². The molecule has 140 valence electrons. The second-order valence-electron chi connectivity index (χ2n) is 7.40. The highest BCUT2D eigenvalue weighted by Crippen LogP contribution is 2.40. The van der Waals surface area contributed by atoms with Crippen molar-refractivity contribution in [3.05, 3.63) is 53.5 Å². The number of carbonyl (C=O) groups is 1. The average Bonchev–Trinajstić information content (AvgIpc) is 3.23. The molecule has 1 aliphatic heterocycles. The summed E-state index contributed by atoms with van der Waals surface area (Å²) in [7, 11) is 1.80. The van der Waals surface area contributed by atoms with E-state index in [1.54, 1.807) is 24.0 Å². The van der Waals surface area contributed by atoms with Crippen molar-refractivity contribution in [1.29, 1.82) is 0 Å². The Morgan fingerprint density at radius 3 is 2.63 bits per heavy atom. The number of hydrogen-bond acceptors (Lipinski definition) is 3. The summed E-state index contributed by atoms with van der Waals surface area (Å²) in [5.41, 5.74) is 5.05. The van der Waals surface area contributed by atoms with Crippen molar-refractivity contribution < 1.29 is 4.79 Å². The van der Waals surface area contributed by atoms with Gasteiger partial charge in [-0.05, 0) is 36.5 Å². The molecule has 0 bridgehead atoms. The molecule has 3 heterocycles. The normalized spacial score (nSPS) is 13.9. The van der Waals surface area contributed by atoms with Gasteiger partial charge >= 0.3 is 0 Å². The fourth-order valence-corrected chi connectivity index (χ4v) is 3.95. The largest absolute Gasteiger partial charge is 0.291 e. The quantitative estimate of drug-likeness (QED) is 0.712. The van der Waals surface area contributed by atoms with Crippen LogP contribution < -0.4 is 4.90 Å². The van der Waals surface area contributed by atoms with E-state index in [0.29, 0.717) is 18.2 Å². The molecule has 0 N–H and O–H groups in total. The zero-order valence-electron chi connectivity index (χ0n) is 16.3. The number of aryl methyl sites for hydroxylation is 3. The third kappa shape index (κ3) is 2.85. The molecule has 0 spiro atoms. The third-order valence-electron chi connectivity index (χ3n) is 5.25. The predicted molar refractivity (Wildman–Crippen MR) is 106 cm³/mol. The van der Waals surface area contributed by atoms with Gasteiger partial charge in [0.2, 0.25) is 0 Å². The Morgan fingerprint density at radius 1 is 1.15 bits per heavy atom. The fourth-order valence-electron chi connectivity index (χ4n) is 3.95. The molecular formula is C21H25N5O. The number of anilines is 1. The van der Waals surface area contributed by atoms with Crippen molar-refractivity contribution in [2.24, 2.45) is 7.05 Å². The van der Waals surface area contributed by atoms with Gasteiger partial charge in [-0.3, -0.25) is 14.4 Å². The van der Waals surface area contributed by atoms with E-state index in [-0.39, 0.29) is 5.91 Å². The number of hydrogen-bond donors (Lipinski definition) is 0. The lowest BCUT2D eigenvalue weighted by Gasteiger charge is -2.29. The van der Waals surface area contributed by atoms with E-state index in [1.165, 1.54) is 5.56 Å². The number of aromatic nitrogens is 4. The van der Waals surface area contributed by atoms with Gasteiger partial charge in [-0.25, -0.2) is 4.68 Å². The second kappa shape index (κ2) is 6.68. The van der Waals surface area contributed by atoms with E-state index < -0.39 is 0 Å². The lowest BCUT2D eigenvalue weighted by molar-refractivity contribution is 0.0972. The Hall–Kier alpha value is -2.89.